The van der Waals surface area contributed by atoms with E-state index in [-0.39, 0.29) is 5.92 Å². The third-order valence-electron chi connectivity index (χ3n) is 2.45. The monoisotopic (exact) mass is 187 g/mol. The zero-order chi connectivity index (χ0) is 9.84. The first kappa shape index (κ1) is 10.5. The van der Waals surface area contributed by atoms with Crippen molar-refractivity contribution in [2.24, 2.45) is 5.92 Å². The van der Waals surface area contributed by atoms with Gasteiger partial charge in [-0.2, -0.15) is 0 Å². The van der Waals surface area contributed by atoms with Crippen molar-refractivity contribution in [3.63, 3.8) is 0 Å². The fourth-order valence-corrected chi connectivity index (χ4v) is 1.42. The number of rotatable bonds is 5. The molecule has 76 valence electrons. The summed E-state index contributed by atoms with van der Waals surface area (Å²) in [4.78, 5) is 12.6. The molecule has 1 aliphatic rings. The first-order valence-corrected chi connectivity index (χ1v) is 4.69. The standard InChI is InChI=1S/C9H17NO3/c1-3-13-6-7(2)10-4-8(5-10)9(11)12/h7-8H,3-6H2,1-2H3,(H,11,12). The van der Waals surface area contributed by atoms with Crippen LogP contribution in [0, 0.1) is 5.92 Å². The second-order valence-corrected chi connectivity index (χ2v) is 3.50. The number of carboxylic acid groups (broad SMARTS) is 1. The van der Waals surface area contributed by atoms with E-state index < -0.39 is 5.97 Å². The number of carboxylic acids is 1. The highest BCUT2D eigenvalue weighted by Gasteiger charge is 2.34. The van der Waals surface area contributed by atoms with E-state index in [1.165, 1.54) is 0 Å². The van der Waals surface area contributed by atoms with E-state index in [2.05, 4.69) is 11.8 Å². The summed E-state index contributed by atoms with van der Waals surface area (Å²) in [7, 11) is 0. The predicted molar refractivity (Wildman–Crippen MR) is 48.7 cm³/mol. The molecule has 1 rings (SSSR count). The van der Waals surface area contributed by atoms with Gasteiger partial charge in [0.2, 0.25) is 0 Å². The Bertz CT molecular complexity index is 178. The first-order valence-electron chi connectivity index (χ1n) is 4.69. The fourth-order valence-electron chi connectivity index (χ4n) is 1.42. The lowest BCUT2D eigenvalue weighted by atomic mass is 9.98. The Morgan fingerprint density at radius 2 is 2.31 bits per heavy atom. The summed E-state index contributed by atoms with van der Waals surface area (Å²) in [6.07, 6.45) is 0. The lowest BCUT2D eigenvalue weighted by molar-refractivity contribution is -0.149. The van der Waals surface area contributed by atoms with Gasteiger partial charge in [0.25, 0.3) is 0 Å². The average molecular weight is 187 g/mol. The van der Waals surface area contributed by atoms with Crippen LogP contribution in [0.1, 0.15) is 13.8 Å². The molecule has 0 aromatic carbocycles. The number of hydrogen-bond donors (Lipinski definition) is 1. The number of carbonyl (C=O) groups is 1. The molecule has 1 atom stereocenters. The van der Waals surface area contributed by atoms with Crippen molar-refractivity contribution in [1.29, 1.82) is 0 Å². The third-order valence-corrected chi connectivity index (χ3v) is 2.45. The fraction of sp³-hybridized carbons (Fsp3) is 0.889. The minimum atomic E-state index is -0.681. The molecule has 0 amide bonds. The molecule has 4 nitrogen and oxygen atoms in total. The largest absolute Gasteiger partial charge is 0.481 e. The summed E-state index contributed by atoms with van der Waals surface area (Å²) >= 11 is 0. The van der Waals surface area contributed by atoms with Gasteiger partial charge in [-0.3, -0.25) is 9.69 Å². The van der Waals surface area contributed by atoms with Crippen LogP contribution in [0.3, 0.4) is 0 Å². The summed E-state index contributed by atoms with van der Waals surface area (Å²) in [5.74, 6) is -0.844. The summed E-state index contributed by atoms with van der Waals surface area (Å²) < 4.78 is 5.26. The highest BCUT2D eigenvalue weighted by atomic mass is 16.5. The molecule has 1 aliphatic heterocycles. The van der Waals surface area contributed by atoms with Crippen molar-refractivity contribution in [1.82, 2.24) is 4.90 Å². The molecule has 1 heterocycles. The number of hydrogen-bond acceptors (Lipinski definition) is 3. The van der Waals surface area contributed by atoms with Gasteiger partial charge in [0, 0.05) is 25.7 Å². The van der Waals surface area contributed by atoms with E-state index in [4.69, 9.17) is 9.84 Å². The van der Waals surface area contributed by atoms with Gasteiger partial charge in [-0.15, -0.1) is 0 Å². The van der Waals surface area contributed by atoms with Gasteiger partial charge < -0.3 is 9.84 Å². The van der Waals surface area contributed by atoms with Gasteiger partial charge in [0.15, 0.2) is 0 Å². The summed E-state index contributed by atoms with van der Waals surface area (Å²) in [6, 6.07) is 0.343. The maximum absolute atomic E-state index is 10.5. The quantitative estimate of drug-likeness (QED) is 0.678. The van der Waals surface area contributed by atoms with Crippen LogP contribution < -0.4 is 0 Å². The van der Waals surface area contributed by atoms with Gasteiger partial charge >= 0.3 is 5.97 Å². The number of nitrogens with zero attached hydrogens (tertiary/aromatic N) is 1. The molecule has 0 saturated carbocycles. The molecule has 0 bridgehead atoms. The SMILES string of the molecule is CCOCC(C)N1CC(C(=O)O)C1. The number of ether oxygens (including phenoxy) is 1. The summed E-state index contributed by atoms with van der Waals surface area (Å²) in [5, 5.41) is 8.65. The van der Waals surface area contributed by atoms with Gasteiger partial charge in [-0.05, 0) is 13.8 Å². The Labute approximate surface area is 78.5 Å². The Balaban J connectivity index is 2.15. The van der Waals surface area contributed by atoms with Crippen LogP contribution in [0.15, 0.2) is 0 Å². The molecular weight excluding hydrogens is 170 g/mol. The zero-order valence-corrected chi connectivity index (χ0v) is 8.19. The van der Waals surface area contributed by atoms with E-state index in [9.17, 15) is 4.79 Å². The topological polar surface area (TPSA) is 49.8 Å². The normalized spacial score (nSPS) is 21.1. The van der Waals surface area contributed by atoms with Crippen molar-refractivity contribution in [2.75, 3.05) is 26.3 Å². The summed E-state index contributed by atoms with van der Waals surface area (Å²) in [5.41, 5.74) is 0. The van der Waals surface area contributed by atoms with E-state index in [0.29, 0.717) is 25.7 Å². The van der Waals surface area contributed by atoms with Crippen LogP contribution >= 0.6 is 0 Å². The summed E-state index contributed by atoms with van der Waals surface area (Å²) in [6.45, 7) is 6.78. The maximum Gasteiger partial charge on any atom is 0.309 e. The van der Waals surface area contributed by atoms with Crippen molar-refractivity contribution >= 4 is 5.97 Å². The Morgan fingerprint density at radius 3 is 2.77 bits per heavy atom. The Kier molecular flexibility index (Phi) is 3.69. The molecule has 0 aromatic rings. The Hall–Kier alpha value is -0.610. The second kappa shape index (κ2) is 4.58. The molecular formula is C9H17NO3. The third kappa shape index (κ3) is 2.67. The number of aliphatic carboxylic acids is 1. The molecule has 1 saturated heterocycles. The Morgan fingerprint density at radius 1 is 1.69 bits per heavy atom. The minimum Gasteiger partial charge on any atom is -0.481 e. The van der Waals surface area contributed by atoms with Gasteiger partial charge in [-0.25, -0.2) is 0 Å². The molecule has 0 aromatic heterocycles. The van der Waals surface area contributed by atoms with Crippen LogP contribution in [0.4, 0.5) is 0 Å². The van der Waals surface area contributed by atoms with Crippen molar-refractivity contribution in [3.8, 4) is 0 Å². The van der Waals surface area contributed by atoms with Crippen LogP contribution in [0.25, 0.3) is 0 Å². The van der Waals surface area contributed by atoms with Gasteiger partial charge in [-0.1, -0.05) is 0 Å². The lowest BCUT2D eigenvalue weighted by Crippen LogP contribution is -2.55. The molecule has 13 heavy (non-hydrogen) atoms. The van der Waals surface area contributed by atoms with E-state index in [1.807, 2.05) is 6.92 Å². The van der Waals surface area contributed by atoms with Crippen molar-refractivity contribution in [2.45, 2.75) is 19.9 Å². The van der Waals surface area contributed by atoms with E-state index >= 15 is 0 Å². The van der Waals surface area contributed by atoms with Gasteiger partial charge in [0.1, 0.15) is 0 Å². The highest BCUT2D eigenvalue weighted by Crippen LogP contribution is 2.18. The molecule has 0 aliphatic carbocycles. The second-order valence-electron chi connectivity index (χ2n) is 3.50. The van der Waals surface area contributed by atoms with E-state index in [1.54, 1.807) is 0 Å². The van der Waals surface area contributed by atoms with Crippen LogP contribution in [0.5, 0.6) is 0 Å². The molecule has 1 N–H and O–H groups in total. The van der Waals surface area contributed by atoms with Crippen molar-refractivity contribution in [3.05, 3.63) is 0 Å². The first-order chi connectivity index (χ1) is 6.15. The minimum absolute atomic E-state index is 0.163. The smallest absolute Gasteiger partial charge is 0.309 e. The van der Waals surface area contributed by atoms with Crippen LogP contribution in [-0.2, 0) is 9.53 Å². The van der Waals surface area contributed by atoms with Crippen LogP contribution in [-0.4, -0.2) is 48.3 Å². The van der Waals surface area contributed by atoms with Gasteiger partial charge in [0.05, 0.1) is 12.5 Å². The molecule has 0 spiro atoms. The zero-order valence-electron chi connectivity index (χ0n) is 8.19. The number of likely N-dealkylation sites (tertiary alicyclic amines) is 1. The van der Waals surface area contributed by atoms with Crippen LogP contribution in [0.2, 0.25) is 0 Å². The molecule has 4 heteroatoms. The maximum atomic E-state index is 10.5. The predicted octanol–water partition coefficient (Wildman–Crippen LogP) is 0.428. The average Bonchev–Trinajstić information content (AvgIpc) is 1.97. The molecule has 0 radical (unpaired) electrons. The van der Waals surface area contributed by atoms with E-state index in [0.717, 1.165) is 6.61 Å². The highest BCUT2D eigenvalue weighted by molar-refractivity contribution is 5.71. The molecule has 1 unspecified atom stereocenters. The van der Waals surface area contributed by atoms with Crippen molar-refractivity contribution < 1.29 is 14.6 Å². The lowest BCUT2D eigenvalue weighted by Gasteiger charge is -2.40. The molecule has 1 fully saturated rings.